The molecule has 0 bridgehead atoms. The Hall–Kier alpha value is -0.870. The first kappa shape index (κ1) is 14.5. The van der Waals surface area contributed by atoms with Crippen LogP contribution in [0, 0.1) is 5.41 Å². The number of likely N-dealkylation sites (tertiary alicyclic amines) is 1. The molecule has 1 fully saturated rings. The van der Waals surface area contributed by atoms with Crippen LogP contribution in [0.5, 0.6) is 0 Å². The lowest BCUT2D eigenvalue weighted by Gasteiger charge is -2.39. The fourth-order valence-corrected chi connectivity index (χ4v) is 2.84. The normalized spacial score (nSPS) is 21.0. The van der Waals surface area contributed by atoms with Crippen molar-refractivity contribution < 1.29 is 9.90 Å². The van der Waals surface area contributed by atoms with Crippen molar-refractivity contribution in [3.63, 3.8) is 0 Å². The standard InChI is InChI=1S/C15H20BrNO2/c1-11(12-3-5-13(16)6-4-12)17-9-7-15(2,8-10-17)14(18)19/h3-6,11H,7-10H2,1-2H3,(H,18,19). The molecule has 0 radical (unpaired) electrons. The molecule has 1 saturated heterocycles. The van der Waals surface area contributed by atoms with Gasteiger partial charge in [-0.15, -0.1) is 0 Å². The fourth-order valence-electron chi connectivity index (χ4n) is 2.57. The fraction of sp³-hybridized carbons (Fsp3) is 0.533. The van der Waals surface area contributed by atoms with Crippen LogP contribution in [-0.4, -0.2) is 29.1 Å². The molecule has 1 heterocycles. The molecule has 0 saturated carbocycles. The largest absolute Gasteiger partial charge is 0.481 e. The number of carboxylic acid groups (broad SMARTS) is 1. The van der Waals surface area contributed by atoms with Gasteiger partial charge in [-0.25, -0.2) is 0 Å². The molecule has 0 amide bonds. The Bertz CT molecular complexity index is 450. The molecule has 1 aliphatic heterocycles. The van der Waals surface area contributed by atoms with Crippen molar-refractivity contribution in [2.24, 2.45) is 5.41 Å². The zero-order valence-electron chi connectivity index (χ0n) is 11.4. The predicted octanol–water partition coefficient (Wildman–Crippen LogP) is 3.70. The number of hydrogen-bond donors (Lipinski definition) is 1. The Kier molecular flexibility index (Phi) is 4.31. The Balaban J connectivity index is 2.01. The number of hydrogen-bond acceptors (Lipinski definition) is 2. The minimum absolute atomic E-state index is 0.339. The molecule has 0 spiro atoms. The Morgan fingerprint density at radius 1 is 1.32 bits per heavy atom. The molecule has 1 aromatic rings. The van der Waals surface area contributed by atoms with Gasteiger partial charge < -0.3 is 5.11 Å². The van der Waals surface area contributed by atoms with Crippen LogP contribution in [0.2, 0.25) is 0 Å². The summed E-state index contributed by atoms with van der Waals surface area (Å²) in [6, 6.07) is 8.69. The average Bonchev–Trinajstić information content (AvgIpc) is 2.39. The molecular weight excluding hydrogens is 306 g/mol. The summed E-state index contributed by atoms with van der Waals surface area (Å²) >= 11 is 3.44. The summed E-state index contributed by atoms with van der Waals surface area (Å²) in [5.41, 5.74) is 0.734. The number of piperidine rings is 1. The van der Waals surface area contributed by atoms with Crippen LogP contribution in [0.3, 0.4) is 0 Å². The third-order valence-electron chi connectivity index (χ3n) is 4.32. The van der Waals surface area contributed by atoms with Gasteiger partial charge in [-0.3, -0.25) is 9.69 Å². The van der Waals surface area contributed by atoms with Gasteiger partial charge in [0.05, 0.1) is 5.41 Å². The summed E-state index contributed by atoms with van der Waals surface area (Å²) < 4.78 is 1.08. The van der Waals surface area contributed by atoms with Gasteiger partial charge in [0, 0.05) is 10.5 Å². The van der Waals surface area contributed by atoms with Gasteiger partial charge >= 0.3 is 5.97 Å². The van der Waals surface area contributed by atoms with Crippen molar-refractivity contribution in [1.82, 2.24) is 4.90 Å². The number of carboxylic acids is 1. The second-order valence-corrected chi connectivity index (χ2v) is 6.54. The van der Waals surface area contributed by atoms with E-state index in [1.807, 2.05) is 6.92 Å². The van der Waals surface area contributed by atoms with Crippen LogP contribution in [0.25, 0.3) is 0 Å². The van der Waals surface area contributed by atoms with E-state index in [1.165, 1.54) is 5.56 Å². The molecule has 1 aromatic carbocycles. The minimum atomic E-state index is -0.663. The van der Waals surface area contributed by atoms with Crippen molar-refractivity contribution in [2.45, 2.75) is 32.7 Å². The van der Waals surface area contributed by atoms with Crippen LogP contribution in [0.4, 0.5) is 0 Å². The highest BCUT2D eigenvalue weighted by atomic mass is 79.9. The van der Waals surface area contributed by atoms with E-state index in [4.69, 9.17) is 0 Å². The number of rotatable bonds is 3. The number of benzene rings is 1. The lowest BCUT2D eigenvalue weighted by Crippen LogP contribution is -2.43. The zero-order valence-corrected chi connectivity index (χ0v) is 13.0. The number of carbonyl (C=O) groups is 1. The molecule has 3 nitrogen and oxygen atoms in total. The molecule has 0 aliphatic carbocycles. The maximum atomic E-state index is 11.2. The number of halogens is 1. The quantitative estimate of drug-likeness (QED) is 0.921. The molecular formula is C15H20BrNO2. The molecule has 1 unspecified atom stereocenters. The van der Waals surface area contributed by atoms with Crippen molar-refractivity contribution >= 4 is 21.9 Å². The Morgan fingerprint density at radius 3 is 2.32 bits per heavy atom. The third-order valence-corrected chi connectivity index (χ3v) is 4.85. The van der Waals surface area contributed by atoms with Gasteiger partial charge in [0.25, 0.3) is 0 Å². The molecule has 104 valence electrons. The van der Waals surface area contributed by atoms with Gasteiger partial charge in [-0.1, -0.05) is 28.1 Å². The van der Waals surface area contributed by atoms with Gasteiger partial charge in [0.15, 0.2) is 0 Å². The van der Waals surface area contributed by atoms with Crippen LogP contribution in [0.15, 0.2) is 28.7 Å². The monoisotopic (exact) mass is 325 g/mol. The summed E-state index contributed by atoms with van der Waals surface area (Å²) in [7, 11) is 0. The zero-order chi connectivity index (χ0) is 14.0. The number of nitrogens with zero attached hydrogens (tertiary/aromatic N) is 1. The number of aliphatic carboxylic acids is 1. The van der Waals surface area contributed by atoms with E-state index < -0.39 is 11.4 Å². The molecule has 4 heteroatoms. The topological polar surface area (TPSA) is 40.5 Å². The van der Waals surface area contributed by atoms with E-state index in [0.29, 0.717) is 6.04 Å². The Labute approximate surface area is 122 Å². The summed E-state index contributed by atoms with van der Waals surface area (Å²) in [6.45, 7) is 5.74. The smallest absolute Gasteiger partial charge is 0.309 e. The first-order chi connectivity index (χ1) is 8.92. The maximum absolute atomic E-state index is 11.2. The van der Waals surface area contributed by atoms with Crippen LogP contribution < -0.4 is 0 Å². The van der Waals surface area contributed by atoms with Crippen molar-refractivity contribution in [2.75, 3.05) is 13.1 Å². The Morgan fingerprint density at radius 2 is 1.84 bits per heavy atom. The van der Waals surface area contributed by atoms with Crippen molar-refractivity contribution in [3.8, 4) is 0 Å². The summed E-state index contributed by atoms with van der Waals surface area (Å²) in [5.74, 6) is -0.663. The lowest BCUT2D eigenvalue weighted by molar-refractivity contribution is -0.151. The van der Waals surface area contributed by atoms with Crippen LogP contribution in [-0.2, 0) is 4.79 Å². The van der Waals surface area contributed by atoms with E-state index in [-0.39, 0.29) is 0 Å². The van der Waals surface area contributed by atoms with E-state index in [9.17, 15) is 9.90 Å². The predicted molar refractivity (Wildman–Crippen MR) is 79.1 cm³/mol. The van der Waals surface area contributed by atoms with Crippen molar-refractivity contribution in [3.05, 3.63) is 34.3 Å². The van der Waals surface area contributed by atoms with E-state index in [2.05, 4.69) is 52.0 Å². The molecule has 2 rings (SSSR count). The molecule has 1 aliphatic rings. The van der Waals surface area contributed by atoms with Crippen LogP contribution >= 0.6 is 15.9 Å². The van der Waals surface area contributed by atoms with E-state index in [1.54, 1.807) is 0 Å². The molecule has 1 N–H and O–H groups in total. The molecule has 1 atom stereocenters. The van der Waals surface area contributed by atoms with Gasteiger partial charge in [-0.05, 0) is 57.5 Å². The third kappa shape index (κ3) is 3.18. The summed E-state index contributed by atoms with van der Waals surface area (Å²) in [6.07, 6.45) is 1.45. The highest BCUT2D eigenvalue weighted by Gasteiger charge is 2.37. The van der Waals surface area contributed by atoms with Gasteiger partial charge in [0.2, 0.25) is 0 Å². The average molecular weight is 326 g/mol. The molecule has 19 heavy (non-hydrogen) atoms. The van der Waals surface area contributed by atoms with Gasteiger partial charge in [-0.2, -0.15) is 0 Å². The summed E-state index contributed by atoms with van der Waals surface area (Å²) in [5, 5.41) is 9.25. The first-order valence-corrected chi connectivity index (χ1v) is 7.44. The minimum Gasteiger partial charge on any atom is -0.481 e. The highest BCUT2D eigenvalue weighted by molar-refractivity contribution is 9.10. The van der Waals surface area contributed by atoms with Crippen molar-refractivity contribution in [1.29, 1.82) is 0 Å². The first-order valence-electron chi connectivity index (χ1n) is 6.65. The second kappa shape index (κ2) is 5.63. The lowest BCUT2D eigenvalue weighted by atomic mass is 9.80. The molecule has 0 aromatic heterocycles. The SMILES string of the molecule is CC(c1ccc(Br)cc1)N1CCC(C)(C(=O)O)CC1. The summed E-state index contributed by atoms with van der Waals surface area (Å²) in [4.78, 5) is 13.6. The second-order valence-electron chi connectivity index (χ2n) is 5.63. The van der Waals surface area contributed by atoms with Crippen LogP contribution in [0.1, 0.15) is 38.3 Å². The maximum Gasteiger partial charge on any atom is 0.309 e. The van der Waals surface area contributed by atoms with Gasteiger partial charge in [0.1, 0.15) is 0 Å². The highest BCUT2D eigenvalue weighted by Crippen LogP contribution is 2.34. The van der Waals surface area contributed by atoms with E-state index in [0.717, 1.165) is 30.4 Å². The van der Waals surface area contributed by atoms with E-state index >= 15 is 0 Å².